The van der Waals surface area contributed by atoms with Gasteiger partial charge in [-0.1, -0.05) is 18.2 Å². The quantitative estimate of drug-likeness (QED) is 0.901. The summed E-state index contributed by atoms with van der Waals surface area (Å²) in [5.41, 5.74) is 9.45. The molecule has 0 unspecified atom stereocenters. The fraction of sp³-hybridized carbons (Fsp3) is 0.385. The van der Waals surface area contributed by atoms with Crippen molar-refractivity contribution in [1.29, 1.82) is 0 Å². The zero-order chi connectivity index (χ0) is 12.3. The molecular weight excluding hydrogens is 230 g/mol. The van der Waals surface area contributed by atoms with Crippen LogP contribution in [0.1, 0.15) is 26.7 Å². The molecule has 17 heavy (non-hydrogen) atoms. The van der Waals surface area contributed by atoms with Crippen molar-refractivity contribution < 1.29 is 0 Å². The highest BCUT2D eigenvalue weighted by Crippen LogP contribution is 2.17. The predicted octanol–water partition coefficient (Wildman–Crippen LogP) is 2.25. The summed E-state index contributed by atoms with van der Waals surface area (Å²) < 4.78 is 0. The van der Waals surface area contributed by atoms with E-state index in [1.54, 1.807) is 11.3 Å². The molecule has 2 aromatic rings. The molecule has 3 nitrogen and oxygen atoms in total. The Kier molecular flexibility index (Phi) is 3.86. The highest BCUT2D eigenvalue weighted by molar-refractivity contribution is 7.11. The number of hydrogen-bond donors (Lipinski definition) is 1. The van der Waals surface area contributed by atoms with Gasteiger partial charge in [0, 0.05) is 12.8 Å². The van der Waals surface area contributed by atoms with Crippen molar-refractivity contribution in [3.63, 3.8) is 0 Å². The second-order valence-corrected chi connectivity index (χ2v) is 5.37. The second-order valence-electron chi connectivity index (χ2n) is 4.22. The summed E-state index contributed by atoms with van der Waals surface area (Å²) in [5, 5.41) is 10.4. The maximum absolute atomic E-state index is 5.50. The highest BCUT2D eigenvalue weighted by atomic mass is 32.1. The van der Waals surface area contributed by atoms with Gasteiger partial charge < -0.3 is 5.73 Å². The smallest absolute Gasteiger partial charge is 0.121 e. The Morgan fingerprint density at radius 1 is 1.12 bits per heavy atom. The van der Waals surface area contributed by atoms with Gasteiger partial charge in [-0.2, -0.15) is 0 Å². The summed E-state index contributed by atoms with van der Waals surface area (Å²) >= 11 is 1.66. The molecule has 0 saturated carbocycles. The Labute approximate surface area is 106 Å². The summed E-state index contributed by atoms with van der Waals surface area (Å²) in [6, 6.07) is 6.54. The van der Waals surface area contributed by atoms with Crippen LogP contribution in [0.5, 0.6) is 0 Å². The van der Waals surface area contributed by atoms with Crippen LogP contribution in [0.3, 0.4) is 0 Å². The lowest BCUT2D eigenvalue weighted by atomic mass is 10.0. The van der Waals surface area contributed by atoms with Crippen LogP contribution < -0.4 is 5.73 Å². The van der Waals surface area contributed by atoms with Crippen LogP contribution in [0.2, 0.25) is 0 Å². The van der Waals surface area contributed by atoms with Gasteiger partial charge in [-0.25, -0.2) is 0 Å². The van der Waals surface area contributed by atoms with Crippen molar-refractivity contribution in [2.75, 3.05) is 6.54 Å². The van der Waals surface area contributed by atoms with Gasteiger partial charge in [0.1, 0.15) is 10.0 Å². The number of nitrogens with zero attached hydrogens (tertiary/aromatic N) is 2. The molecule has 0 aliphatic heterocycles. The average molecular weight is 247 g/mol. The first-order valence-electron chi connectivity index (χ1n) is 5.76. The molecule has 0 fully saturated rings. The van der Waals surface area contributed by atoms with Crippen LogP contribution in [0.4, 0.5) is 0 Å². The van der Waals surface area contributed by atoms with Crippen molar-refractivity contribution in [3.8, 4) is 0 Å². The average Bonchev–Trinajstić information content (AvgIpc) is 2.72. The first kappa shape index (κ1) is 12.2. The lowest BCUT2D eigenvalue weighted by molar-refractivity contribution is 0.898. The van der Waals surface area contributed by atoms with Crippen LogP contribution in [-0.4, -0.2) is 16.7 Å². The second kappa shape index (κ2) is 5.38. The predicted molar refractivity (Wildman–Crippen MR) is 71.4 cm³/mol. The van der Waals surface area contributed by atoms with Crippen molar-refractivity contribution in [3.05, 3.63) is 44.9 Å². The van der Waals surface area contributed by atoms with Gasteiger partial charge in [0.2, 0.25) is 0 Å². The molecule has 0 amide bonds. The van der Waals surface area contributed by atoms with Gasteiger partial charge in [-0.15, -0.1) is 21.5 Å². The minimum absolute atomic E-state index is 0.637. The fourth-order valence-corrected chi connectivity index (χ4v) is 2.57. The van der Waals surface area contributed by atoms with Crippen LogP contribution >= 0.6 is 11.3 Å². The zero-order valence-corrected chi connectivity index (χ0v) is 11.0. The molecule has 2 N–H and O–H groups in total. The molecular formula is C13H17N3S. The van der Waals surface area contributed by atoms with E-state index in [2.05, 4.69) is 42.2 Å². The third-order valence-corrected chi connectivity index (χ3v) is 3.78. The number of hydrogen-bond acceptors (Lipinski definition) is 4. The van der Waals surface area contributed by atoms with Gasteiger partial charge in [0.25, 0.3) is 0 Å². The number of nitrogens with two attached hydrogens (primary N) is 1. The number of rotatable bonds is 4. The van der Waals surface area contributed by atoms with Crippen LogP contribution in [0, 0.1) is 13.8 Å². The minimum Gasteiger partial charge on any atom is -0.330 e. The van der Waals surface area contributed by atoms with Crippen LogP contribution in [0.15, 0.2) is 18.2 Å². The molecule has 0 atom stereocenters. The van der Waals surface area contributed by atoms with E-state index in [9.17, 15) is 0 Å². The van der Waals surface area contributed by atoms with E-state index in [-0.39, 0.29) is 0 Å². The zero-order valence-electron chi connectivity index (χ0n) is 10.2. The molecule has 0 saturated heterocycles. The van der Waals surface area contributed by atoms with Gasteiger partial charge >= 0.3 is 0 Å². The maximum atomic E-state index is 5.50. The SMILES string of the molecule is Cc1ccc(Cc2nnc(CCN)s2)cc1C. The third kappa shape index (κ3) is 3.11. The Morgan fingerprint density at radius 3 is 2.59 bits per heavy atom. The lowest BCUT2D eigenvalue weighted by Gasteiger charge is -2.02. The summed E-state index contributed by atoms with van der Waals surface area (Å²) in [5.74, 6) is 0. The molecule has 90 valence electrons. The molecule has 2 rings (SSSR count). The van der Waals surface area contributed by atoms with Gasteiger partial charge in [-0.05, 0) is 37.1 Å². The molecule has 0 aliphatic rings. The van der Waals surface area contributed by atoms with E-state index in [0.717, 1.165) is 22.9 Å². The molecule has 4 heteroatoms. The Hall–Kier alpha value is -1.26. The summed E-state index contributed by atoms with van der Waals surface area (Å²) in [4.78, 5) is 0. The monoisotopic (exact) mass is 247 g/mol. The first-order valence-corrected chi connectivity index (χ1v) is 6.58. The van der Waals surface area contributed by atoms with Gasteiger partial charge in [0.15, 0.2) is 0 Å². The fourth-order valence-electron chi connectivity index (χ4n) is 1.67. The van der Waals surface area contributed by atoms with Crippen LogP contribution in [-0.2, 0) is 12.8 Å². The molecule has 0 radical (unpaired) electrons. The van der Waals surface area contributed by atoms with Gasteiger partial charge in [-0.3, -0.25) is 0 Å². The minimum atomic E-state index is 0.637. The largest absolute Gasteiger partial charge is 0.330 e. The van der Waals surface area contributed by atoms with E-state index in [0.29, 0.717) is 6.54 Å². The van der Waals surface area contributed by atoms with Crippen molar-refractivity contribution in [2.24, 2.45) is 5.73 Å². The van der Waals surface area contributed by atoms with E-state index < -0.39 is 0 Å². The number of aromatic nitrogens is 2. The summed E-state index contributed by atoms with van der Waals surface area (Å²) in [7, 11) is 0. The topological polar surface area (TPSA) is 51.8 Å². The number of aryl methyl sites for hydroxylation is 2. The molecule has 0 spiro atoms. The van der Waals surface area contributed by atoms with Crippen molar-refractivity contribution in [1.82, 2.24) is 10.2 Å². The maximum Gasteiger partial charge on any atom is 0.121 e. The van der Waals surface area contributed by atoms with E-state index in [4.69, 9.17) is 5.73 Å². The van der Waals surface area contributed by atoms with E-state index in [1.807, 2.05) is 0 Å². The third-order valence-electron chi connectivity index (χ3n) is 2.79. The molecule has 1 aromatic carbocycles. The van der Waals surface area contributed by atoms with Gasteiger partial charge in [0.05, 0.1) is 0 Å². The van der Waals surface area contributed by atoms with E-state index in [1.165, 1.54) is 16.7 Å². The van der Waals surface area contributed by atoms with Crippen molar-refractivity contribution >= 4 is 11.3 Å². The Morgan fingerprint density at radius 2 is 1.88 bits per heavy atom. The first-order chi connectivity index (χ1) is 8.19. The number of benzene rings is 1. The molecule has 1 heterocycles. The van der Waals surface area contributed by atoms with Crippen molar-refractivity contribution in [2.45, 2.75) is 26.7 Å². The lowest BCUT2D eigenvalue weighted by Crippen LogP contribution is -2.01. The Bertz CT molecular complexity index is 505. The standard InChI is InChI=1S/C13H17N3S/c1-9-3-4-11(7-10(9)2)8-13-16-15-12(17-13)5-6-14/h3-4,7H,5-6,8,14H2,1-2H3. The molecule has 0 aliphatic carbocycles. The molecule has 1 aromatic heterocycles. The Balaban J connectivity index is 2.11. The van der Waals surface area contributed by atoms with E-state index >= 15 is 0 Å². The molecule has 0 bridgehead atoms. The summed E-state index contributed by atoms with van der Waals surface area (Å²) in [6.45, 7) is 4.90. The van der Waals surface area contributed by atoms with Crippen LogP contribution in [0.25, 0.3) is 0 Å². The normalized spacial score (nSPS) is 10.8. The summed E-state index contributed by atoms with van der Waals surface area (Å²) in [6.07, 6.45) is 1.69. The highest BCUT2D eigenvalue weighted by Gasteiger charge is 2.05.